The number of rotatable bonds is 3. The second-order valence-corrected chi connectivity index (χ2v) is 4.57. The van der Waals surface area contributed by atoms with Gasteiger partial charge in [0.05, 0.1) is 12.5 Å². The van der Waals surface area contributed by atoms with Gasteiger partial charge in [-0.15, -0.1) is 0 Å². The first kappa shape index (κ1) is 12.7. The average Bonchev–Trinajstić information content (AvgIpc) is 2.82. The fraction of sp³-hybridized carbons (Fsp3) is 0.462. The van der Waals surface area contributed by atoms with E-state index in [-0.39, 0.29) is 5.75 Å². The third-order valence-corrected chi connectivity index (χ3v) is 3.66. The van der Waals surface area contributed by atoms with Crippen LogP contribution in [0.25, 0.3) is 0 Å². The molecule has 98 valence electrons. The van der Waals surface area contributed by atoms with Crippen molar-refractivity contribution in [3.05, 3.63) is 23.5 Å². The summed E-state index contributed by atoms with van der Waals surface area (Å²) in [7, 11) is 1.27. The number of carboxylic acids is 1. The van der Waals surface area contributed by atoms with E-state index in [4.69, 9.17) is 4.74 Å². The molecule has 18 heavy (non-hydrogen) atoms. The van der Waals surface area contributed by atoms with Gasteiger partial charge in [0.2, 0.25) is 5.82 Å². The van der Waals surface area contributed by atoms with Gasteiger partial charge in [0.25, 0.3) is 0 Å². The molecule has 0 saturated heterocycles. The Kier molecular flexibility index (Phi) is 3.15. The second-order valence-electron chi connectivity index (χ2n) is 4.57. The molecule has 1 saturated carbocycles. The van der Waals surface area contributed by atoms with Gasteiger partial charge in [-0.3, -0.25) is 4.79 Å². The number of hydrogen-bond donors (Lipinski definition) is 2. The normalized spacial score (nSPS) is 17.7. The van der Waals surface area contributed by atoms with Gasteiger partial charge in [-0.2, -0.15) is 4.39 Å². The van der Waals surface area contributed by atoms with Crippen LogP contribution in [0.4, 0.5) is 4.39 Å². The maximum atomic E-state index is 13.8. The molecule has 2 rings (SSSR count). The van der Waals surface area contributed by atoms with Crippen LogP contribution < -0.4 is 4.74 Å². The number of carboxylic acid groups (broad SMARTS) is 1. The monoisotopic (exact) mass is 254 g/mol. The van der Waals surface area contributed by atoms with E-state index in [2.05, 4.69) is 0 Å². The van der Waals surface area contributed by atoms with E-state index in [0.29, 0.717) is 18.4 Å². The van der Waals surface area contributed by atoms with Crippen molar-refractivity contribution in [3.63, 3.8) is 0 Å². The predicted octanol–water partition coefficient (Wildman–Crippen LogP) is 2.44. The lowest BCUT2D eigenvalue weighted by atomic mass is 9.78. The zero-order chi connectivity index (χ0) is 13.3. The Balaban J connectivity index is 2.62. The molecular weight excluding hydrogens is 239 g/mol. The minimum absolute atomic E-state index is 0.167. The first-order chi connectivity index (χ1) is 8.53. The lowest BCUT2D eigenvalue weighted by molar-refractivity contribution is -0.143. The first-order valence-corrected chi connectivity index (χ1v) is 5.82. The Bertz CT molecular complexity index is 478. The van der Waals surface area contributed by atoms with Crippen molar-refractivity contribution < 1.29 is 24.1 Å². The summed E-state index contributed by atoms with van der Waals surface area (Å²) in [6.07, 6.45) is 2.50. The molecule has 0 heterocycles. The van der Waals surface area contributed by atoms with Gasteiger partial charge in [0.1, 0.15) is 0 Å². The van der Waals surface area contributed by atoms with E-state index < -0.39 is 23.0 Å². The first-order valence-electron chi connectivity index (χ1n) is 5.82. The molecule has 5 heteroatoms. The Morgan fingerprint density at radius 1 is 1.39 bits per heavy atom. The molecule has 0 bridgehead atoms. The summed E-state index contributed by atoms with van der Waals surface area (Å²) in [4.78, 5) is 11.5. The second kappa shape index (κ2) is 4.48. The smallest absolute Gasteiger partial charge is 0.314 e. The van der Waals surface area contributed by atoms with E-state index in [1.165, 1.54) is 19.2 Å². The molecule has 0 amide bonds. The van der Waals surface area contributed by atoms with Crippen molar-refractivity contribution in [3.8, 4) is 11.5 Å². The van der Waals surface area contributed by atoms with Crippen LogP contribution in [0, 0.1) is 5.82 Å². The van der Waals surface area contributed by atoms with Crippen molar-refractivity contribution in [2.24, 2.45) is 0 Å². The number of phenolic OH excluding ortho intramolecular Hbond substituents is 1. The van der Waals surface area contributed by atoms with Crippen molar-refractivity contribution in [1.82, 2.24) is 0 Å². The van der Waals surface area contributed by atoms with E-state index in [1.807, 2.05) is 0 Å². The molecule has 2 N–H and O–H groups in total. The highest BCUT2D eigenvalue weighted by molar-refractivity contribution is 5.83. The summed E-state index contributed by atoms with van der Waals surface area (Å²) < 4.78 is 18.7. The molecule has 0 unspecified atom stereocenters. The summed E-state index contributed by atoms with van der Waals surface area (Å²) in [6.45, 7) is 0. The third kappa shape index (κ3) is 1.70. The number of halogens is 1. The maximum Gasteiger partial charge on any atom is 0.314 e. The van der Waals surface area contributed by atoms with Crippen LogP contribution in [0.3, 0.4) is 0 Å². The maximum absolute atomic E-state index is 13.8. The summed E-state index contributed by atoms with van der Waals surface area (Å²) in [6, 6.07) is 2.62. The molecule has 1 aliphatic rings. The fourth-order valence-electron chi connectivity index (χ4n) is 2.70. The number of hydrogen-bond acceptors (Lipinski definition) is 3. The molecule has 1 aromatic carbocycles. The number of aromatic hydroxyl groups is 1. The van der Waals surface area contributed by atoms with Crippen LogP contribution in [-0.2, 0) is 10.2 Å². The highest BCUT2D eigenvalue weighted by atomic mass is 19.1. The zero-order valence-corrected chi connectivity index (χ0v) is 10.1. The Hall–Kier alpha value is -1.78. The number of methoxy groups -OCH3 is 1. The minimum Gasteiger partial charge on any atom is -0.505 e. The van der Waals surface area contributed by atoms with Crippen LogP contribution >= 0.6 is 0 Å². The highest BCUT2D eigenvalue weighted by Crippen LogP contribution is 2.46. The zero-order valence-electron chi connectivity index (χ0n) is 10.1. The van der Waals surface area contributed by atoms with E-state index >= 15 is 0 Å². The van der Waals surface area contributed by atoms with Crippen LogP contribution in [0.5, 0.6) is 11.5 Å². The quantitative estimate of drug-likeness (QED) is 0.869. The molecule has 0 aromatic heterocycles. The summed E-state index contributed by atoms with van der Waals surface area (Å²) in [5.74, 6) is -2.57. The summed E-state index contributed by atoms with van der Waals surface area (Å²) in [5.41, 5.74) is -0.787. The summed E-state index contributed by atoms with van der Waals surface area (Å²) >= 11 is 0. The number of aliphatic carboxylic acids is 1. The number of ether oxygens (including phenoxy) is 1. The average molecular weight is 254 g/mol. The standard InChI is InChI=1S/C13H15FO4/c1-18-11-8(4-5-9(15)10(11)14)13(12(16)17)6-2-3-7-13/h4-5,15H,2-3,6-7H2,1H3,(H,16,17). The molecule has 0 aliphatic heterocycles. The van der Waals surface area contributed by atoms with Crippen molar-refractivity contribution in [1.29, 1.82) is 0 Å². The minimum atomic E-state index is -1.10. The molecule has 0 spiro atoms. The van der Waals surface area contributed by atoms with Crippen LogP contribution in [0.15, 0.2) is 12.1 Å². The molecule has 0 radical (unpaired) electrons. The molecular formula is C13H15FO4. The van der Waals surface area contributed by atoms with Gasteiger partial charge >= 0.3 is 5.97 Å². The van der Waals surface area contributed by atoms with Crippen molar-refractivity contribution >= 4 is 5.97 Å². The van der Waals surface area contributed by atoms with Crippen molar-refractivity contribution in [2.75, 3.05) is 7.11 Å². The Morgan fingerprint density at radius 3 is 2.50 bits per heavy atom. The Labute approximate surface area is 104 Å². The number of phenols is 1. The number of carbonyl (C=O) groups is 1. The molecule has 1 aromatic rings. The van der Waals surface area contributed by atoms with Crippen LogP contribution in [0.2, 0.25) is 0 Å². The molecule has 1 aliphatic carbocycles. The van der Waals surface area contributed by atoms with E-state index in [0.717, 1.165) is 12.8 Å². The Morgan fingerprint density at radius 2 is 2.00 bits per heavy atom. The van der Waals surface area contributed by atoms with E-state index in [9.17, 15) is 19.4 Å². The van der Waals surface area contributed by atoms with Gasteiger partial charge in [-0.05, 0) is 18.9 Å². The van der Waals surface area contributed by atoms with Gasteiger partial charge in [-0.1, -0.05) is 18.9 Å². The largest absolute Gasteiger partial charge is 0.505 e. The fourth-order valence-corrected chi connectivity index (χ4v) is 2.70. The third-order valence-electron chi connectivity index (χ3n) is 3.66. The molecule has 4 nitrogen and oxygen atoms in total. The lowest BCUT2D eigenvalue weighted by Gasteiger charge is -2.26. The predicted molar refractivity (Wildman–Crippen MR) is 62.4 cm³/mol. The number of benzene rings is 1. The molecule has 1 fully saturated rings. The van der Waals surface area contributed by atoms with Gasteiger partial charge in [-0.25, -0.2) is 0 Å². The molecule has 0 atom stereocenters. The van der Waals surface area contributed by atoms with E-state index in [1.54, 1.807) is 0 Å². The van der Waals surface area contributed by atoms with Crippen LogP contribution in [-0.4, -0.2) is 23.3 Å². The lowest BCUT2D eigenvalue weighted by Crippen LogP contribution is -2.33. The van der Waals surface area contributed by atoms with Gasteiger partial charge in [0.15, 0.2) is 11.5 Å². The topological polar surface area (TPSA) is 66.8 Å². The van der Waals surface area contributed by atoms with Gasteiger partial charge < -0.3 is 14.9 Å². The highest BCUT2D eigenvalue weighted by Gasteiger charge is 2.45. The summed E-state index contributed by atoms with van der Waals surface area (Å²) in [5, 5.41) is 18.8. The van der Waals surface area contributed by atoms with Crippen molar-refractivity contribution in [2.45, 2.75) is 31.1 Å². The van der Waals surface area contributed by atoms with Gasteiger partial charge in [0, 0.05) is 5.56 Å². The SMILES string of the molecule is COc1c(C2(C(=O)O)CCCC2)ccc(O)c1F. The van der Waals surface area contributed by atoms with Crippen LogP contribution in [0.1, 0.15) is 31.2 Å².